The number of nitrogens with one attached hydrogen (secondary N) is 1. The number of nitrogens with zero attached hydrogens (tertiary/aromatic N) is 3. The molecule has 1 fully saturated rings. The lowest BCUT2D eigenvalue weighted by atomic mass is 9.89. The zero-order valence-corrected chi connectivity index (χ0v) is 19.0. The van der Waals surface area contributed by atoms with E-state index in [-0.39, 0.29) is 41.8 Å². The molecule has 0 atom stereocenters. The first-order chi connectivity index (χ1) is 15.6. The third-order valence-electron chi connectivity index (χ3n) is 4.73. The number of amides is 1. The molecule has 1 heterocycles. The van der Waals surface area contributed by atoms with E-state index in [0.717, 1.165) is 0 Å². The normalized spacial score (nSPS) is 17.3. The summed E-state index contributed by atoms with van der Waals surface area (Å²) in [6, 6.07) is 8.64. The molecule has 174 valence electrons. The van der Waals surface area contributed by atoms with Crippen molar-refractivity contribution in [1.29, 1.82) is 5.26 Å². The second-order valence-electron chi connectivity index (χ2n) is 8.58. The van der Waals surface area contributed by atoms with E-state index in [1.807, 2.05) is 0 Å². The lowest BCUT2D eigenvalue weighted by Gasteiger charge is -2.36. The van der Waals surface area contributed by atoms with Gasteiger partial charge in [-0.05, 0) is 39.8 Å². The number of alkyl carbamates (subject to hydrolysis) is 1. The minimum atomic E-state index is -0.690. The van der Waals surface area contributed by atoms with E-state index in [0.29, 0.717) is 24.0 Å². The standard InChI is InChI=1S/C23H27N5O5/c1-5-31-21(29)17-18(25)27-19(14-8-6-7-13(9-14)12-24)28-20(17)32-16-10-15(11-16)26-22(30)33-23(2,3)4/h6-9,15-16H,5,10-11H2,1-4H3,(H,26,30)(H2,25,27,28)/t15-,16-. The lowest BCUT2D eigenvalue weighted by molar-refractivity contribution is 0.0348. The molecule has 0 spiro atoms. The van der Waals surface area contributed by atoms with Gasteiger partial charge in [0.25, 0.3) is 0 Å². The number of hydrogen-bond donors (Lipinski definition) is 2. The number of nitriles is 1. The summed E-state index contributed by atoms with van der Waals surface area (Å²) in [6.07, 6.45) is 0.213. The van der Waals surface area contributed by atoms with Crippen LogP contribution in [0.1, 0.15) is 56.5 Å². The molecule has 0 bridgehead atoms. The van der Waals surface area contributed by atoms with Gasteiger partial charge in [0.1, 0.15) is 17.5 Å². The number of hydrogen-bond acceptors (Lipinski definition) is 9. The van der Waals surface area contributed by atoms with Crippen molar-refractivity contribution in [2.75, 3.05) is 12.3 Å². The molecule has 3 N–H and O–H groups in total. The highest BCUT2D eigenvalue weighted by Gasteiger charge is 2.35. The number of esters is 1. The molecule has 1 aliphatic carbocycles. The van der Waals surface area contributed by atoms with Gasteiger partial charge in [0, 0.05) is 24.4 Å². The van der Waals surface area contributed by atoms with E-state index >= 15 is 0 Å². The number of carbonyl (C=O) groups excluding carboxylic acids is 2. The van der Waals surface area contributed by atoms with E-state index in [1.165, 1.54) is 0 Å². The number of carbonyl (C=O) groups is 2. The second-order valence-corrected chi connectivity index (χ2v) is 8.58. The van der Waals surface area contributed by atoms with Crippen LogP contribution in [-0.4, -0.2) is 46.4 Å². The Kier molecular flexibility index (Phi) is 7.01. The van der Waals surface area contributed by atoms with E-state index in [1.54, 1.807) is 52.0 Å². The van der Waals surface area contributed by atoms with Gasteiger partial charge in [-0.3, -0.25) is 0 Å². The van der Waals surface area contributed by atoms with E-state index < -0.39 is 17.7 Å². The zero-order valence-electron chi connectivity index (χ0n) is 19.0. The number of rotatable bonds is 6. The second kappa shape index (κ2) is 9.73. The summed E-state index contributed by atoms with van der Waals surface area (Å²) in [7, 11) is 0. The van der Waals surface area contributed by atoms with Crippen LogP contribution >= 0.6 is 0 Å². The summed E-state index contributed by atoms with van der Waals surface area (Å²) < 4.78 is 16.3. The van der Waals surface area contributed by atoms with Crippen molar-refractivity contribution < 1.29 is 23.8 Å². The largest absolute Gasteiger partial charge is 0.473 e. The molecule has 1 aromatic heterocycles. The van der Waals surface area contributed by atoms with Crippen molar-refractivity contribution in [1.82, 2.24) is 15.3 Å². The molecular formula is C23H27N5O5. The first-order valence-corrected chi connectivity index (χ1v) is 10.6. The molecule has 0 aliphatic heterocycles. The van der Waals surface area contributed by atoms with Crippen LogP contribution < -0.4 is 15.8 Å². The Morgan fingerprint density at radius 2 is 2.00 bits per heavy atom. The quantitative estimate of drug-likeness (QED) is 0.628. The van der Waals surface area contributed by atoms with Gasteiger partial charge in [0.15, 0.2) is 11.4 Å². The number of nitrogens with two attached hydrogens (primary N) is 1. The van der Waals surface area contributed by atoms with Gasteiger partial charge in [-0.25, -0.2) is 14.6 Å². The molecule has 2 aromatic rings. The van der Waals surface area contributed by atoms with Crippen LogP contribution in [-0.2, 0) is 9.47 Å². The topological polar surface area (TPSA) is 149 Å². The van der Waals surface area contributed by atoms with Crippen molar-refractivity contribution in [2.24, 2.45) is 0 Å². The third kappa shape index (κ3) is 6.10. The summed E-state index contributed by atoms with van der Waals surface area (Å²) in [5, 5.41) is 11.9. The van der Waals surface area contributed by atoms with Crippen LogP contribution in [0.3, 0.4) is 0 Å². The summed E-state index contributed by atoms with van der Waals surface area (Å²) in [6.45, 7) is 7.20. The summed E-state index contributed by atoms with van der Waals surface area (Å²) in [5.74, 6) is -0.557. The average Bonchev–Trinajstić information content (AvgIpc) is 2.70. The molecule has 1 saturated carbocycles. The maximum absolute atomic E-state index is 12.5. The molecule has 0 unspecified atom stereocenters. The van der Waals surface area contributed by atoms with Crippen molar-refractivity contribution in [2.45, 2.75) is 58.3 Å². The summed E-state index contributed by atoms with van der Waals surface area (Å²) >= 11 is 0. The monoisotopic (exact) mass is 453 g/mol. The molecule has 0 radical (unpaired) electrons. The average molecular weight is 453 g/mol. The zero-order chi connectivity index (χ0) is 24.2. The van der Waals surface area contributed by atoms with Gasteiger partial charge in [0.05, 0.1) is 18.2 Å². The predicted octanol–water partition coefficient (Wildman–Crippen LogP) is 3.21. The highest BCUT2D eigenvalue weighted by Crippen LogP contribution is 2.32. The van der Waals surface area contributed by atoms with Crippen molar-refractivity contribution in [3.63, 3.8) is 0 Å². The van der Waals surface area contributed by atoms with Crippen LogP contribution in [0.2, 0.25) is 0 Å². The molecule has 1 aliphatic rings. The van der Waals surface area contributed by atoms with E-state index in [4.69, 9.17) is 25.2 Å². The van der Waals surface area contributed by atoms with Gasteiger partial charge < -0.3 is 25.3 Å². The highest BCUT2D eigenvalue weighted by molar-refractivity contribution is 5.97. The molecular weight excluding hydrogens is 426 g/mol. The fraction of sp³-hybridized carbons (Fsp3) is 0.435. The van der Waals surface area contributed by atoms with Crippen LogP contribution in [0.15, 0.2) is 24.3 Å². The van der Waals surface area contributed by atoms with Gasteiger partial charge in [-0.15, -0.1) is 0 Å². The maximum atomic E-state index is 12.5. The summed E-state index contributed by atoms with van der Waals surface area (Å²) in [4.78, 5) is 33.1. The first kappa shape index (κ1) is 23.8. The van der Waals surface area contributed by atoms with Crippen molar-refractivity contribution in [3.8, 4) is 23.3 Å². The number of ether oxygens (including phenoxy) is 3. The van der Waals surface area contributed by atoms with Gasteiger partial charge >= 0.3 is 12.1 Å². The minimum absolute atomic E-state index is 0.000899. The van der Waals surface area contributed by atoms with E-state index in [2.05, 4.69) is 21.4 Å². The van der Waals surface area contributed by atoms with Crippen molar-refractivity contribution >= 4 is 17.9 Å². The molecule has 10 nitrogen and oxygen atoms in total. The molecule has 0 saturated heterocycles. The molecule has 1 aromatic carbocycles. The fourth-order valence-electron chi connectivity index (χ4n) is 3.21. The first-order valence-electron chi connectivity index (χ1n) is 10.6. The van der Waals surface area contributed by atoms with Gasteiger partial charge in [0.2, 0.25) is 5.88 Å². The SMILES string of the molecule is CCOC(=O)c1c(N)nc(-c2cccc(C#N)c2)nc1O[C@H]1C[C@H](NC(=O)OC(C)(C)C)C1. The number of anilines is 1. The fourth-order valence-corrected chi connectivity index (χ4v) is 3.21. The number of benzene rings is 1. The van der Waals surface area contributed by atoms with Gasteiger partial charge in [-0.1, -0.05) is 12.1 Å². The van der Waals surface area contributed by atoms with Crippen molar-refractivity contribution in [3.05, 3.63) is 35.4 Å². The Morgan fingerprint density at radius 1 is 1.27 bits per heavy atom. The lowest BCUT2D eigenvalue weighted by Crippen LogP contribution is -2.50. The Labute approximate surface area is 192 Å². The van der Waals surface area contributed by atoms with E-state index in [9.17, 15) is 9.59 Å². The molecule has 1 amide bonds. The van der Waals surface area contributed by atoms with Crippen LogP contribution in [0.5, 0.6) is 5.88 Å². The minimum Gasteiger partial charge on any atom is -0.473 e. The van der Waals surface area contributed by atoms with Crippen LogP contribution in [0.4, 0.5) is 10.6 Å². The Bertz CT molecular complexity index is 1080. The molecule has 10 heteroatoms. The number of aromatic nitrogens is 2. The number of nitrogen functional groups attached to an aromatic ring is 1. The molecule has 33 heavy (non-hydrogen) atoms. The maximum Gasteiger partial charge on any atom is 0.407 e. The van der Waals surface area contributed by atoms with Gasteiger partial charge in [-0.2, -0.15) is 10.2 Å². The smallest absolute Gasteiger partial charge is 0.407 e. The highest BCUT2D eigenvalue weighted by atomic mass is 16.6. The summed E-state index contributed by atoms with van der Waals surface area (Å²) in [5.41, 5.74) is 6.42. The Balaban J connectivity index is 1.79. The van der Waals surface area contributed by atoms with Crippen LogP contribution in [0.25, 0.3) is 11.4 Å². The predicted molar refractivity (Wildman–Crippen MR) is 119 cm³/mol. The molecule has 3 rings (SSSR count). The Morgan fingerprint density at radius 3 is 2.64 bits per heavy atom. The Hall–Kier alpha value is -3.87. The third-order valence-corrected chi connectivity index (χ3v) is 4.73. The van der Waals surface area contributed by atoms with Crippen LogP contribution in [0, 0.1) is 11.3 Å².